The Morgan fingerprint density at radius 3 is 2.48 bits per heavy atom. The number of hydrogen-bond donors (Lipinski definition) is 2. The Morgan fingerprint density at radius 2 is 1.86 bits per heavy atom. The maximum Gasteiger partial charge on any atom is 0.189 e. The molecule has 2 N–H and O–H groups in total. The van der Waals surface area contributed by atoms with E-state index in [1.807, 2.05) is 0 Å². The second-order valence-corrected chi connectivity index (χ2v) is 4.68. The summed E-state index contributed by atoms with van der Waals surface area (Å²) in [5, 5.41) is 19.9. The Hall–Kier alpha value is -2.75. The molecule has 0 radical (unpaired) electrons. The summed E-state index contributed by atoms with van der Waals surface area (Å²) >= 11 is 0. The topological polar surface area (TPSA) is 66.8 Å². The van der Waals surface area contributed by atoms with Crippen molar-refractivity contribution in [2.45, 2.75) is 13.8 Å². The van der Waals surface area contributed by atoms with Crippen LogP contribution in [0.15, 0.2) is 43.0 Å². The maximum absolute atomic E-state index is 12.1. The number of para-hydroxylation sites is 2. The fraction of sp³-hybridized carbons (Fsp3) is 0.118. The molecule has 2 aromatic carbocycles. The number of carbonyl (C=O) groups is 1. The third-order valence-electron chi connectivity index (χ3n) is 3.29. The van der Waals surface area contributed by atoms with Crippen LogP contribution in [-0.2, 0) is 0 Å². The maximum atomic E-state index is 12.1. The lowest BCUT2D eigenvalue weighted by Crippen LogP contribution is -2.03. The Balaban J connectivity index is 2.63. The molecule has 0 saturated carbocycles. The molecule has 0 amide bonds. The van der Waals surface area contributed by atoms with Gasteiger partial charge < -0.3 is 14.9 Å². The predicted molar refractivity (Wildman–Crippen MR) is 80.3 cm³/mol. The van der Waals surface area contributed by atoms with Crippen molar-refractivity contribution in [2.24, 2.45) is 0 Å². The number of phenolic OH excluding ortho intramolecular Hbond substituents is 2. The molecule has 4 heteroatoms. The number of allylic oxidation sites excluding steroid dienone is 1. The van der Waals surface area contributed by atoms with Gasteiger partial charge in [-0.05, 0) is 49.2 Å². The lowest BCUT2D eigenvalue weighted by Gasteiger charge is -2.16. The van der Waals surface area contributed by atoms with Gasteiger partial charge in [-0.1, -0.05) is 18.7 Å². The van der Waals surface area contributed by atoms with Crippen molar-refractivity contribution in [3.8, 4) is 23.0 Å². The molecule has 0 saturated heterocycles. The van der Waals surface area contributed by atoms with Gasteiger partial charge in [0, 0.05) is 0 Å². The molecule has 21 heavy (non-hydrogen) atoms. The van der Waals surface area contributed by atoms with E-state index in [1.54, 1.807) is 32.0 Å². The van der Waals surface area contributed by atoms with Gasteiger partial charge in [0.05, 0.1) is 5.56 Å². The van der Waals surface area contributed by atoms with Crippen LogP contribution in [0.2, 0.25) is 0 Å². The highest BCUT2D eigenvalue weighted by Gasteiger charge is 2.20. The molecule has 0 heterocycles. The Morgan fingerprint density at radius 1 is 1.19 bits per heavy atom. The van der Waals surface area contributed by atoms with Crippen LogP contribution in [0.4, 0.5) is 0 Å². The fourth-order valence-electron chi connectivity index (χ4n) is 2.03. The highest BCUT2D eigenvalue weighted by molar-refractivity contribution is 6.08. The van der Waals surface area contributed by atoms with E-state index in [0.29, 0.717) is 5.56 Å². The van der Waals surface area contributed by atoms with Gasteiger partial charge in [-0.15, -0.1) is 0 Å². The number of carbonyl (C=O) groups excluding carboxylic acids is 1. The van der Waals surface area contributed by atoms with Crippen molar-refractivity contribution in [3.63, 3.8) is 0 Å². The van der Waals surface area contributed by atoms with Crippen LogP contribution in [-0.4, -0.2) is 16.0 Å². The molecule has 2 rings (SSSR count). The zero-order valence-corrected chi connectivity index (χ0v) is 11.9. The number of benzene rings is 2. The largest absolute Gasteiger partial charge is 0.504 e. The van der Waals surface area contributed by atoms with Gasteiger partial charge in [-0.3, -0.25) is 4.79 Å². The first-order valence-corrected chi connectivity index (χ1v) is 6.41. The molecular formula is C17H16O4. The zero-order valence-electron chi connectivity index (χ0n) is 11.9. The lowest BCUT2D eigenvalue weighted by atomic mass is 9.98. The highest BCUT2D eigenvalue weighted by atomic mass is 16.5. The van der Waals surface area contributed by atoms with E-state index in [0.717, 1.165) is 5.56 Å². The van der Waals surface area contributed by atoms with E-state index >= 15 is 0 Å². The molecule has 4 nitrogen and oxygen atoms in total. The monoisotopic (exact) mass is 284 g/mol. The average Bonchev–Trinajstić information content (AvgIpc) is 2.46. The minimum Gasteiger partial charge on any atom is -0.504 e. The number of phenols is 2. The Bertz CT molecular complexity index is 717. The SMILES string of the molecule is C=CC(=O)c1c(C)c(C)cc(O)c1Oc1ccccc1O. The summed E-state index contributed by atoms with van der Waals surface area (Å²) in [5.74, 6) is -0.408. The van der Waals surface area contributed by atoms with Gasteiger partial charge in [-0.25, -0.2) is 0 Å². The molecule has 0 aliphatic rings. The van der Waals surface area contributed by atoms with E-state index in [9.17, 15) is 15.0 Å². The molecule has 0 aliphatic heterocycles. The summed E-state index contributed by atoms with van der Waals surface area (Å²) in [6.07, 6.45) is 1.17. The number of aromatic hydroxyl groups is 2. The normalized spacial score (nSPS) is 10.2. The predicted octanol–water partition coefficient (Wildman–Crippen LogP) is 3.88. The Labute approximate surface area is 122 Å². The molecule has 0 aromatic heterocycles. The van der Waals surface area contributed by atoms with Crippen LogP contribution in [0, 0.1) is 13.8 Å². The van der Waals surface area contributed by atoms with Gasteiger partial charge in [0.1, 0.15) is 0 Å². The third kappa shape index (κ3) is 2.74. The molecular weight excluding hydrogens is 268 g/mol. The smallest absolute Gasteiger partial charge is 0.189 e. The molecule has 108 valence electrons. The first-order chi connectivity index (χ1) is 9.95. The van der Waals surface area contributed by atoms with E-state index < -0.39 is 0 Å². The van der Waals surface area contributed by atoms with E-state index in [-0.39, 0.29) is 34.3 Å². The van der Waals surface area contributed by atoms with Gasteiger partial charge >= 0.3 is 0 Å². The number of rotatable bonds is 4. The quantitative estimate of drug-likeness (QED) is 0.660. The summed E-state index contributed by atoms with van der Waals surface area (Å²) in [6.45, 7) is 7.02. The van der Waals surface area contributed by atoms with Crippen molar-refractivity contribution in [1.82, 2.24) is 0 Å². The lowest BCUT2D eigenvalue weighted by molar-refractivity contribution is 0.104. The summed E-state index contributed by atoms with van der Waals surface area (Å²) in [5.41, 5.74) is 1.70. The molecule has 0 unspecified atom stereocenters. The third-order valence-corrected chi connectivity index (χ3v) is 3.29. The minimum absolute atomic E-state index is 0.0181. The van der Waals surface area contributed by atoms with Crippen LogP contribution in [0.1, 0.15) is 21.5 Å². The first kappa shape index (κ1) is 14.7. The second-order valence-electron chi connectivity index (χ2n) is 4.68. The molecule has 0 bridgehead atoms. The fourth-order valence-corrected chi connectivity index (χ4v) is 2.03. The van der Waals surface area contributed by atoms with E-state index in [2.05, 4.69) is 6.58 Å². The van der Waals surface area contributed by atoms with Crippen LogP contribution in [0.3, 0.4) is 0 Å². The molecule has 0 aliphatic carbocycles. The highest BCUT2D eigenvalue weighted by Crippen LogP contribution is 2.40. The van der Waals surface area contributed by atoms with Crippen molar-refractivity contribution >= 4 is 5.78 Å². The van der Waals surface area contributed by atoms with E-state index in [1.165, 1.54) is 18.2 Å². The molecule has 0 spiro atoms. The average molecular weight is 284 g/mol. The number of aryl methyl sites for hydroxylation is 1. The molecule has 0 fully saturated rings. The standard InChI is InChI=1S/C17H16O4/c1-4-12(18)16-11(3)10(2)9-14(20)17(16)21-15-8-6-5-7-13(15)19/h4-9,19-20H,1H2,2-3H3. The Kier molecular flexibility index (Phi) is 3.98. The van der Waals surface area contributed by atoms with Gasteiger partial charge in [0.2, 0.25) is 0 Å². The van der Waals surface area contributed by atoms with Crippen LogP contribution in [0.5, 0.6) is 23.0 Å². The summed E-state index contributed by atoms with van der Waals surface area (Å²) in [7, 11) is 0. The van der Waals surface area contributed by atoms with Crippen LogP contribution < -0.4 is 4.74 Å². The van der Waals surface area contributed by atoms with Crippen molar-refractivity contribution in [3.05, 3.63) is 59.7 Å². The van der Waals surface area contributed by atoms with Gasteiger partial charge in [-0.2, -0.15) is 0 Å². The summed E-state index contributed by atoms with van der Waals surface area (Å²) in [4.78, 5) is 12.1. The molecule has 2 aromatic rings. The van der Waals surface area contributed by atoms with Gasteiger partial charge in [0.25, 0.3) is 0 Å². The van der Waals surface area contributed by atoms with Crippen molar-refractivity contribution in [1.29, 1.82) is 0 Å². The zero-order chi connectivity index (χ0) is 15.6. The van der Waals surface area contributed by atoms with Crippen molar-refractivity contribution < 1.29 is 19.7 Å². The van der Waals surface area contributed by atoms with Crippen LogP contribution in [0.25, 0.3) is 0 Å². The molecule has 0 atom stereocenters. The van der Waals surface area contributed by atoms with Crippen LogP contribution >= 0.6 is 0 Å². The number of ketones is 1. The number of hydrogen-bond acceptors (Lipinski definition) is 4. The minimum atomic E-state index is -0.350. The summed E-state index contributed by atoms with van der Waals surface area (Å²) in [6, 6.07) is 7.86. The van der Waals surface area contributed by atoms with Crippen molar-refractivity contribution in [2.75, 3.05) is 0 Å². The van der Waals surface area contributed by atoms with E-state index in [4.69, 9.17) is 4.74 Å². The number of ether oxygens (including phenoxy) is 1. The summed E-state index contributed by atoms with van der Waals surface area (Å²) < 4.78 is 5.56. The first-order valence-electron chi connectivity index (χ1n) is 6.41. The van der Waals surface area contributed by atoms with Gasteiger partial charge in [0.15, 0.2) is 28.8 Å². The second kappa shape index (κ2) is 5.71.